The lowest BCUT2D eigenvalue weighted by molar-refractivity contribution is -0.144. The van der Waals surface area contributed by atoms with Crippen LogP contribution in [0, 0.1) is 5.92 Å². The molecule has 1 saturated heterocycles. The van der Waals surface area contributed by atoms with Crippen LogP contribution in [-0.4, -0.2) is 17.0 Å². The van der Waals surface area contributed by atoms with Crippen LogP contribution < -0.4 is 0 Å². The van der Waals surface area contributed by atoms with Crippen LogP contribution in [0.25, 0.3) is 0 Å². The van der Waals surface area contributed by atoms with Gasteiger partial charge in [-0.05, 0) is 6.07 Å². The summed E-state index contributed by atoms with van der Waals surface area (Å²) >= 11 is 5.94. The zero-order valence-corrected chi connectivity index (χ0v) is 8.98. The van der Waals surface area contributed by atoms with Crippen molar-refractivity contribution in [3.8, 4) is 0 Å². The van der Waals surface area contributed by atoms with Gasteiger partial charge in [-0.2, -0.15) is 0 Å². The summed E-state index contributed by atoms with van der Waals surface area (Å²) in [6, 6.07) is 6.77. The second-order valence-corrected chi connectivity index (χ2v) is 3.99. The number of hydrogen-bond acceptors (Lipinski definition) is 3. The number of ether oxygens (including phenoxy) is 1. The van der Waals surface area contributed by atoms with Crippen molar-refractivity contribution in [1.29, 1.82) is 0 Å². The van der Waals surface area contributed by atoms with Gasteiger partial charge in [0.25, 0.3) is 0 Å². The minimum atomic E-state index is -1.05. The summed E-state index contributed by atoms with van der Waals surface area (Å²) in [4.78, 5) is 22.1. The van der Waals surface area contributed by atoms with Crippen molar-refractivity contribution in [2.75, 3.05) is 0 Å². The Morgan fingerprint density at radius 3 is 2.75 bits per heavy atom. The molecule has 0 radical (unpaired) electrons. The number of carboxylic acid groups (broad SMARTS) is 1. The predicted octanol–water partition coefficient (Wildman–Crippen LogP) is 2.03. The molecule has 1 aromatic carbocycles. The van der Waals surface area contributed by atoms with E-state index in [-0.39, 0.29) is 6.42 Å². The third-order valence-electron chi connectivity index (χ3n) is 2.54. The van der Waals surface area contributed by atoms with E-state index >= 15 is 0 Å². The van der Waals surface area contributed by atoms with Gasteiger partial charge in [-0.1, -0.05) is 29.8 Å². The van der Waals surface area contributed by atoms with Gasteiger partial charge in [0.05, 0.1) is 6.42 Å². The lowest BCUT2D eigenvalue weighted by atomic mass is 9.95. The molecule has 1 aromatic rings. The van der Waals surface area contributed by atoms with Crippen LogP contribution in [0.3, 0.4) is 0 Å². The summed E-state index contributed by atoms with van der Waals surface area (Å²) in [6.07, 6.45) is -0.885. The predicted molar refractivity (Wildman–Crippen MR) is 56.0 cm³/mol. The molecule has 0 saturated carbocycles. The standard InChI is InChI=1S/C11H9ClO4/c12-8-4-2-1-3-6(8)10-7(11(14)15)5-9(13)16-10/h1-4,7,10H,5H2,(H,14,15)/t7-,10+/m0/s1. The van der Waals surface area contributed by atoms with Crippen molar-refractivity contribution in [3.63, 3.8) is 0 Å². The summed E-state index contributed by atoms with van der Waals surface area (Å²) in [6.45, 7) is 0. The molecular weight excluding hydrogens is 232 g/mol. The van der Waals surface area contributed by atoms with Crippen molar-refractivity contribution in [3.05, 3.63) is 34.9 Å². The van der Waals surface area contributed by atoms with Crippen molar-refractivity contribution < 1.29 is 19.4 Å². The maximum atomic E-state index is 11.1. The highest BCUT2D eigenvalue weighted by Gasteiger charge is 2.41. The minimum Gasteiger partial charge on any atom is -0.481 e. The average Bonchev–Trinajstić information content (AvgIpc) is 2.61. The minimum absolute atomic E-state index is 0.106. The molecule has 0 aromatic heterocycles. The normalized spacial score (nSPS) is 24.2. The first-order valence-corrected chi connectivity index (χ1v) is 5.14. The van der Waals surface area contributed by atoms with Gasteiger partial charge in [-0.3, -0.25) is 9.59 Å². The van der Waals surface area contributed by atoms with Crippen LogP contribution in [0.1, 0.15) is 18.1 Å². The van der Waals surface area contributed by atoms with E-state index in [1.807, 2.05) is 0 Å². The molecule has 2 rings (SSSR count). The Hall–Kier alpha value is -1.55. The average molecular weight is 241 g/mol. The number of hydrogen-bond donors (Lipinski definition) is 1. The first kappa shape index (κ1) is 11.0. The fourth-order valence-corrected chi connectivity index (χ4v) is 2.00. The molecular formula is C11H9ClO4. The molecule has 1 aliphatic rings. The van der Waals surface area contributed by atoms with Gasteiger partial charge in [0.15, 0.2) is 0 Å². The molecule has 1 fully saturated rings. The maximum absolute atomic E-state index is 11.1. The highest BCUT2D eigenvalue weighted by Crippen LogP contribution is 2.38. The van der Waals surface area contributed by atoms with Crippen LogP contribution >= 0.6 is 11.6 Å². The first-order valence-electron chi connectivity index (χ1n) is 4.76. The Bertz CT molecular complexity index is 443. The number of halogens is 1. The van der Waals surface area contributed by atoms with Gasteiger partial charge >= 0.3 is 11.9 Å². The molecule has 0 bridgehead atoms. The highest BCUT2D eigenvalue weighted by molar-refractivity contribution is 6.31. The molecule has 16 heavy (non-hydrogen) atoms. The molecule has 5 heteroatoms. The van der Waals surface area contributed by atoms with Crippen LogP contribution in [-0.2, 0) is 14.3 Å². The van der Waals surface area contributed by atoms with E-state index in [1.165, 1.54) is 0 Å². The number of carbonyl (C=O) groups excluding carboxylic acids is 1. The maximum Gasteiger partial charge on any atom is 0.311 e. The van der Waals surface area contributed by atoms with Crippen LogP contribution in [0.15, 0.2) is 24.3 Å². The smallest absolute Gasteiger partial charge is 0.311 e. The molecule has 4 nitrogen and oxygen atoms in total. The Labute approximate surface area is 96.8 Å². The molecule has 0 spiro atoms. The van der Waals surface area contributed by atoms with Crippen LogP contribution in [0.5, 0.6) is 0 Å². The van der Waals surface area contributed by atoms with E-state index in [9.17, 15) is 9.59 Å². The van der Waals surface area contributed by atoms with E-state index in [4.69, 9.17) is 21.4 Å². The monoisotopic (exact) mass is 240 g/mol. The van der Waals surface area contributed by atoms with E-state index in [0.717, 1.165) is 0 Å². The fourth-order valence-electron chi connectivity index (χ4n) is 1.76. The zero-order valence-electron chi connectivity index (χ0n) is 8.22. The first-order chi connectivity index (χ1) is 7.59. The molecule has 0 unspecified atom stereocenters. The molecule has 2 atom stereocenters. The lowest BCUT2D eigenvalue weighted by Crippen LogP contribution is -2.17. The SMILES string of the molecule is O=C1C[C@H](C(=O)O)[C@@H](c2ccccc2Cl)O1. The summed E-state index contributed by atoms with van der Waals surface area (Å²) in [7, 11) is 0. The topological polar surface area (TPSA) is 63.6 Å². The van der Waals surface area contributed by atoms with E-state index < -0.39 is 24.0 Å². The van der Waals surface area contributed by atoms with E-state index in [1.54, 1.807) is 24.3 Å². The molecule has 1 heterocycles. The quantitative estimate of drug-likeness (QED) is 0.804. The van der Waals surface area contributed by atoms with Gasteiger partial charge in [0.2, 0.25) is 0 Å². The molecule has 84 valence electrons. The van der Waals surface area contributed by atoms with E-state index in [2.05, 4.69) is 0 Å². The molecule has 1 aliphatic heterocycles. The Balaban J connectivity index is 2.36. The van der Waals surface area contributed by atoms with Crippen molar-refractivity contribution in [2.24, 2.45) is 5.92 Å². The van der Waals surface area contributed by atoms with Crippen molar-refractivity contribution >= 4 is 23.5 Å². The van der Waals surface area contributed by atoms with Gasteiger partial charge in [0, 0.05) is 10.6 Å². The van der Waals surface area contributed by atoms with Crippen molar-refractivity contribution in [1.82, 2.24) is 0 Å². The van der Waals surface area contributed by atoms with Gasteiger partial charge in [-0.25, -0.2) is 0 Å². The molecule has 0 amide bonds. The zero-order chi connectivity index (χ0) is 11.7. The van der Waals surface area contributed by atoms with Gasteiger partial charge < -0.3 is 9.84 Å². The second kappa shape index (κ2) is 4.14. The summed E-state index contributed by atoms with van der Waals surface area (Å²) < 4.78 is 5.00. The Morgan fingerprint density at radius 2 is 2.12 bits per heavy atom. The third-order valence-corrected chi connectivity index (χ3v) is 2.88. The molecule has 0 aliphatic carbocycles. The summed E-state index contributed by atoms with van der Waals surface area (Å²) in [5.74, 6) is -2.40. The van der Waals surface area contributed by atoms with Crippen LogP contribution in [0.2, 0.25) is 5.02 Å². The number of benzene rings is 1. The number of carboxylic acids is 1. The van der Waals surface area contributed by atoms with Gasteiger partial charge in [-0.15, -0.1) is 0 Å². The number of rotatable bonds is 2. The number of esters is 1. The second-order valence-electron chi connectivity index (χ2n) is 3.58. The van der Waals surface area contributed by atoms with E-state index in [0.29, 0.717) is 10.6 Å². The third kappa shape index (κ3) is 1.88. The Morgan fingerprint density at radius 1 is 1.44 bits per heavy atom. The number of aliphatic carboxylic acids is 1. The number of cyclic esters (lactones) is 1. The van der Waals surface area contributed by atoms with Gasteiger partial charge in [0.1, 0.15) is 12.0 Å². The lowest BCUT2D eigenvalue weighted by Gasteiger charge is -2.15. The fraction of sp³-hybridized carbons (Fsp3) is 0.273. The summed E-state index contributed by atoms with van der Waals surface area (Å²) in [5.41, 5.74) is 0.544. The van der Waals surface area contributed by atoms with Crippen LogP contribution in [0.4, 0.5) is 0 Å². The van der Waals surface area contributed by atoms with Crippen molar-refractivity contribution in [2.45, 2.75) is 12.5 Å². The Kier molecular flexibility index (Phi) is 2.83. The summed E-state index contributed by atoms with van der Waals surface area (Å²) in [5, 5.41) is 9.39. The molecule has 1 N–H and O–H groups in total. The largest absolute Gasteiger partial charge is 0.481 e. The highest BCUT2D eigenvalue weighted by atomic mass is 35.5. The number of carbonyl (C=O) groups is 2.